The lowest BCUT2D eigenvalue weighted by Crippen LogP contribution is -2.42. The first-order valence-corrected chi connectivity index (χ1v) is 7.01. The summed E-state index contributed by atoms with van der Waals surface area (Å²) in [5.41, 5.74) is -0.468. The molecule has 0 atom stereocenters. The Labute approximate surface area is 125 Å². The van der Waals surface area contributed by atoms with Crippen molar-refractivity contribution in [1.29, 1.82) is 0 Å². The maximum Gasteiger partial charge on any atom is 0.290 e. The molecule has 3 N–H and O–H groups in total. The van der Waals surface area contributed by atoms with Gasteiger partial charge in [0.05, 0.1) is 0 Å². The van der Waals surface area contributed by atoms with E-state index in [-0.39, 0.29) is 41.6 Å². The summed E-state index contributed by atoms with van der Waals surface area (Å²) < 4.78 is 0. The number of aromatic nitrogens is 3. The predicted molar refractivity (Wildman–Crippen MR) is 79.9 cm³/mol. The molecule has 0 unspecified atom stereocenters. The highest BCUT2D eigenvalue weighted by Gasteiger charge is 2.21. The highest BCUT2D eigenvalue weighted by Crippen LogP contribution is 2.17. The molecule has 0 spiro atoms. The summed E-state index contributed by atoms with van der Waals surface area (Å²) in [6.07, 6.45) is 0.222. The van der Waals surface area contributed by atoms with Gasteiger partial charge in [0.2, 0.25) is 11.7 Å². The molecule has 0 fully saturated rings. The van der Waals surface area contributed by atoms with Crippen LogP contribution < -0.4 is 10.6 Å². The van der Waals surface area contributed by atoms with Gasteiger partial charge in [0.1, 0.15) is 5.82 Å². The number of H-pyrrole nitrogens is 1. The number of amides is 2. The van der Waals surface area contributed by atoms with Gasteiger partial charge >= 0.3 is 0 Å². The van der Waals surface area contributed by atoms with Crippen molar-refractivity contribution in [3.63, 3.8) is 0 Å². The maximum absolute atomic E-state index is 11.9. The van der Waals surface area contributed by atoms with Crippen molar-refractivity contribution in [2.75, 3.05) is 6.54 Å². The fraction of sp³-hybridized carbons (Fsp3) is 0.714. The van der Waals surface area contributed by atoms with Crippen LogP contribution in [-0.4, -0.2) is 39.1 Å². The molecule has 0 aliphatic heterocycles. The summed E-state index contributed by atoms with van der Waals surface area (Å²) in [5.74, 6) is 0.257. The molecule has 7 heteroatoms. The number of nitrogens with one attached hydrogen (secondary N) is 3. The third kappa shape index (κ3) is 5.93. The summed E-state index contributed by atoms with van der Waals surface area (Å²) in [6.45, 7) is 11.9. The van der Waals surface area contributed by atoms with Crippen molar-refractivity contribution < 1.29 is 9.59 Å². The number of carbonyl (C=O) groups is 2. The molecule has 0 aromatic carbocycles. The standard InChI is InChI=1S/C14H25N5O2/c1-13(2,3)12-16-10(18-19-12)11(21)15-8-7-9(20)17-14(4,5)6/h7-8H2,1-6H3,(H,15,21)(H,17,20)(H,16,18,19). The van der Waals surface area contributed by atoms with Crippen LogP contribution in [0.25, 0.3) is 0 Å². The van der Waals surface area contributed by atoms with Crippen LogP contribution in [0.1, 0.15) is 64.4 Å². The Morgan fingerprint density at radius 1 is 1.14 bits per heavy atom. The lowest BCUT2D eigenvalue weighted by molar-refractivity contribution is -0.122. The Kier molecular flexibility index (Phi) is 5.09. The van der Waals surface area contributed by atoms with Crippen LogP contribution in [0.5, 0.6) is 0 Å². The lowest BCUT2D eigenvalue weighted by Gasteiger charge is -2.20. The Morgan fingerprint density at radius 3 is 2.24 bits per heavy atom. The van der Waals surface area contributed by atoms with E-state index in [0.717, 1.165) is 0 Å². The van der Waals surface area contributed by atoms with Crippen molar-refractivity contribution in [2.45, 2.75) is 58.9 Å². The number of aromatic amines is 1. The number of nitrogens with zero attached hydrogens (tertiary/aromatic N) is 2. The molecule has 1 aromatic heterocycles. The molecule has 0 radical (unpaired) electrons. The Bertz CT molecular complexity index is 508. The first kappa shape index (κ1) is 17.1. The van der Waals surface area contributed by atoms with Crippen LogP contribution >= 0.6 is 0 Å². The highest BCUT2D eigenvalue weighted by molar-refractivity contribution is 5.90. The first-order valence-electron chi connectivity index (χ1n) is 7.01. The number of hydrogen-bond donors (Lipinski definition) is 3. The summed E-state index contributed by atoms with van der Waals surface area (Å²) in [7, 11) is 0. The Morgan fingerprint density at radius 2 is 1.76 bits per heavy atom. The molecule has 0 saturated carbocycles. The van der Waals surface area contributed by atoms with Gasteiger partial charge in [-0.2, -0.15) is 0 Å². The average molecular weight is 295 g/mol. The monoisotopic (exact) mass is 295 g/mol. The molecule has 7 nitrogen and oxygen atoms in total. The molecule has 0 saturated heterocycles. The third-order valence-corrected chi connectivity index (χ3v) is 2.55. The molecule has 0 aliphatic carbocycles. The molecule has 1 rings (SSSR count). The molecular formula is C14H25N5O2. The van der Waals surface area contributed by atoms with E-state index in [1.165, 1.54) is 0 Å². The normalized spacial score (nSPS) is 12.1. The van der Waals surface area contributed by atoms with Gasteiger partial charge < -0.3 is 10.6 Å². The van der Waals surface area contributed by atoms with E-state index in [2.05, 4.69) is 25.8 Å². The Hall–Kier alpha value is -1.92. The quantitative estimate of drug-likeness (QED) is 0.775. The second-order valence-electron chi connectivity index (χ2n) is 7.06. The molecular weight excluding hydrogens is 270 g/mol. The predicted octanol–water partition coefficient (Wildman–Crippen LogP) is 1.14. The number of hydrogen-bond acceptors (Lipinski definition) is 4. The zero-order valence-corrected chi connectivity index (χ0v) is 13.6. The summed E-state index contributed by atoms with van der Waals surface area (Å²) in [4.78, 5) is 27.6. The fourth-order valence-corrected chi connectivity index (χ4v) is 1.55. The second kappa shape index (κ2) is 6.24. The minimum absolute atomic E-state index is 0.0937. The van der Waals surface area contributed by atoms with E-state index in [0.29, 0.717) is 5.82 Å². The van der Waals surface area contributed by atoms with Crippen LogP contribution in [0, 0.1) is 0 Å². The largest absolute Gasteiger partial charge is 0.351 e. The van der Waals surface area contributed by atoms with E-state index >= 15 is 0 Å². The molecule has 118 valence electrons. The molecule has 1 aromatic rings. The Balaban J connectivity index is 2.45. The number of rotatable bonds is 4. The minimum Gasteiger partial charge on any atom is -0.351 e. The lowest BCUT2D eigenvalue weighted by atomic mass is 9.96. The van der Waals surface area contributed by atoms with E-state index in [1.807, 2.05) is 41.5 Å². The third-order valence-electron chi connectivity index (χ3n) is 2.55. The van der Waals surface area contributed by atoms with Gasteiger partial charge in [0.15, 0.2) is 0 Å². The molecule has 0 aliphatic rings. The molecule has 21 heavy (non-hydrogen) atoms. The van der Waals surface area contributed by atoms with Gasteiger partial charge in [-0.25, -0.2) is 4.98 Å². The van der Waals surface area contributed by atoms with E-state index in [9.17, 15) is 9.59 Å². The van der Waals surface area contributed by atoms with Crippen LogP contribution in [0.15, 0.2) is 0 Å². The van der Waals surface area contributed by atoms with Crippen LogP contribution in [0.2, 0.25) is 0 Å². The van der Waals surface area contributed by atoms with Crippen molar-refractivity contribution in [3.8, 4) is 0 Å². The zero-order valence-electron chi connectivity index (χ0n) is 13.6. The first-order chi connectivity index (χ1) is 9.49. The van der Waals surface area contributed by atoms with Gasteiger partial charge in [-0.15, -0.1) is 5.10 Å². The summed E-state index contributed by atoms with van der Waals surface area (Å²) >= 11 is 0. The van der Waals surface area contributed by atoms with Gasteiger partial charge in [0.25, 0.3) is 5.91 Å². The van der Waals surface area contributed by atoms with E-state index in [1.54, 1.807) is 0 Å². The van der Waals surface area contributed by atoms with Crippen molar-refractivity contribution in [1.82, 2.24) is 25.8 Å². The summed E-state index contributed by atoms with van der Waals surface area (Å²) in [6, 6.07) is 0. The van der Waals surface area contributed by atoms with Crippen LogP contribution in [-0.2, 0) is 10.2 Å². The maximum atomic E-state index is 11.9. The molecule has 1 heterocycles. The van der Waals surface area contributed by atoms with Gasteiger partial charge in [-0.3, -0.25) is 14.7 Å². The smallest absolute Gasteiger partial charge is 0.290 e. The zero-order chi connectivity index (χ0) is 16.3. The van der Waals surface area contributed by atoms with Gasteiger partial charge in [-0.05, 0) is 20.8 Å². The highest BCUT2D eigenvalue weighted by atomic mass is 16.2. The number of carbonyl (C=O) groups excluding carboxylic acids is 2. The SMILES string of the molecule is CC(C)(C)NC(=O)CCNC(=O)c1n[nH]c(C(C)(C)C)n1. The van der Waals surface area contributed by atoms with Crippen LogP contribution in [0.3, 0.4) is 0 Å². The molecule has 0 bridgehead atoms. The van der Waals surface area contributed by atoms with Gasteiger partial charge in [-0.1, -0.05) is 20.8 Å². The van der Waals surface area contributed by atoms with E-state index < -0.39 is 0 Å². The molecule has 2 amide bonds. The average Bonchev–Trinajstić information content (AvgIpc) is 2.74. The second-order valence-corrected chi connectivity index (χ2v) is 7.06. The summed E-state index contributed by atoms with van der Waals surface area (Å²) in [5, 5.41) is 12.1. The van der Waals surface area contributed by atoms with Gasteiger partial charge in [0, 0.05) is 23.9 Å². The fourth-order valence-electron chi connectivity index (χ4n) is 1.55. The van der Waals surface area contributed by atoms with Crippen molar-refractivity contribution in [2.24, 2.45) is 0 Å². The minimum atomic E-state index is -0.384. The van der Waals surface area contributed by atoms with Crippen LogP contribution in [0.4, 0.5) is 0 Å². The van der Waals surface area contributed by atoms with Crippen molar-refractivity contribution >= 4 is 11.8 Å². The topological polar surface area (TPSA) is 99.8 Å². The van der Waals surface area contributed by atoms with Crippen molar-refractivity contribution in [3.05, 3.63) is 11.6 Å². The van der Waals surface area contributed by atoms with E-state index in [4.69, 9.17) is 0 Å².